The Morgan fingerprint density at radius 2 is 0.800 bits per heavy atom. The van der Waals surface area contributed by atoms with Gasteiger partial charge in [-0.3, -0.25) is 18.5 Å². The van der Waals surface area contributed by atoms with Gasteiger partial charge < -0.3 is 14.6 Å². The number of nitrogens with zero attached hydrogens (tertiary/aromatic N) is 8. The first kappa shape index (κ1) is 68.2. The molecular formula is C90H74BBr2N9O3. The van der Waals surface area contributed by atoms with Crippen LogP contribution >= 0.6 is 31.9 Å². The van der Waals surface area contributed by atoms with Crippen molar-refractivity contribution in [2.24, 2.45) is 0 Å². The summed E-state index contributed by atoms with van der Waals surface area (Å²) in [4.78, 5) is 38.5. The number of pyridine rings is 2. The normalized spacial score (nSPS) is 13.2. The van der Waals surface area contributed by atoms with Crippen molar-refractivity contribution in [1.29, 1.82) is 0 Å². The Bertz CT molecular complexity index is 6110. The standard InChI is InChI=1S/C34H32BN3O2.C28H22BrN3O.C28H20BrN3/c1-6-29-37-32-28(38(29)24-12-8-7-9-13-24)21-20-26-25-14-10-11-15-27(25)36-31(30(26)32)22-16-18-23(19-17-22)35-39-33(2,3)34(4,5)40-35;1-2-27-30-25-18-20(14-17-26(25)32(27)22-8-4-3-5-9-22)23-10-6-7-11-24(23)31-28(33)19-12-15-21(29)16-13-19;1-2-25-31-28-24(32(25)20-8-4-3-5-9-20)17-16-22-21-10-6-7-11-23(21)30-27(26(22)28)18-12-14-19(29)15-13-18/h7-21H,6H2,1-5H3;3-18H,2H2,1H3,(H,31,33);3-17H,2H2,1H3. The average molecular weight is 1500 g/mol. The summed E-state index contributed by atoms with van der Waals surface area (Å²) in [5, 5.41) is 9.86. The van der Waals surface area contributed by atoms with Crippen molar-refractivity contribution in [3.8, 4) is 50.7 Å². The van der Waals surface area contributed by atoms with Crippen LogP contribution in [0.15, 0.2) is 288 Å². The molecule has 514 valence electrons. The number of anilines is 1. The zero-order valence-electron chi connectivity index (χ0n) is 59.3. The van der Waals surface area contributed by atoms with Crippen molar-refractivity contribution in [3.05, 3.63) is 311 Å². The highest BCUT2D eigenvalue weighted by molar-refractivity contribution is 9.10. The highest BCUT2D eigenvalue weighted by atomic mass is 79.9. The zero-order valence-corrected chi connectivity index (χ0v) is 62.5. The smallest absolute Gasteiger partial charge is 0.399 e. The summed E-state index contributed by atoms with van der Waals surface area (Å²) in [6, 6.07) is 95.1. The lowest BCUT2D eigenvalue weighted by molar-refractivity contribution is 0.00578. The Morgan fingerprint density at radius 3 is 1.29 bits per heavy atom. The molecule has 1 aliphatic heterocycles. The highest BCUT2D eigenvalue weighted by Crippen LogP contribution is 2.42. The molecule has 12 aromatic carbocycles. The fraction of sp³-hybridized carbons (Fsp3) is 0.133. The third kappa shape index (κ3) is 12.9. The number of fused-ring (bicyclic) bond motifs is 11. The first-order chi connectivity index (χ1) is 51.1. The lowest BCUT2D eigenvalue weighted by atomic mass is 9.78. The van der Waals surface area contributed by atoms with Crippen LogP contribution in [0.3, 0.4) is 0 Å². The maximum Gasteiger partial charge on any atom is 0.494 e. The number of imidazole rings is 3. The second kappa shape index (κ2) is 28.5. The Morgan fingerprint density at radius 1 is 0.400 bits per heavy atom. The molecule has 15 heteroatoms. The SMILES string of the molecule is CCc1nc2c3c(-c4ccc(B5OC(C)(C)C(C)(C)O5)cc4)nc4ccccc4c3ccc2n1-c1ccccc1.CCc1nc2c3c(-c4ccc(Br)cc4)nc4ccccc4c3ccc2n1-c1ccccc1.CCc1nc2cc(-c3ccccc3NC(=O)c3ccc(Br)cc3)ccc2n1-c1ccccc1. The van der Waals surface area contributed by atoms with E-state index in [4.69, 9.17) is 34.2 Å². The van der Waals surface area contributed by atoms with E-state index in [1.54, 1.807) is 12.1 Å². The van der Waals surface area contributed by atoms with Crippen molar-refractivity contribution >= 4 is 132 Å². The molecule has 5 aromatic heterocycles. The van der Waals surface area contributed by atoms with Gasteiger partial charge in [-0.25, -0.2) is 24.9 Å². The van der Waals surface area contributed by atoms with Gasteiger partial charge in [-0.15, -0.1) is 0 Å². The molecule has 1 aliphatic rings. The van der Waals surface area contributed by atoms with E-state index in [-0.39, 0.29) is 17.1 Å². The fourth-order valence-corrected chi connectivity index (χ4v) is 14.8. The number of hydrogen-bond acceptors (Lipinski definition) is 8. The van der Waals surface area contributed by atoms with Crippen LogP contribution in [0.2, 0.25) is 0 Å². The van der Waals surface area contributed by atoms with Gasteiger partial charge in [0, 0.05) is 94.8 Å². The largest absolute Gasteiger partial charge is 0.494 e. The maximum atomic E-state index is 12.8. The number of halogens is 2. The average Bonchev–Trinajstić information content (AvgIpc) is 1.68. The molecule has 17 aromatic rings. The lowest BCUT2D eigenvalue weighted by Gasteiger charge is -2.32. The molecule has 0 unspecified atom stereocenters. The van der Waals surface area contributed by atoms with Crippen LogP contribution in [0.25, 0.3) is 127 Å². The molecule has 0 saturated carbocycles. The monoisotopic (exact) mass is 1500 g/mol. The van der Waals surface area contributed by atoms with Crippen LogP contribution in [0, 0.1) is 0 Å². The molecule has 1 amide bonds. The predicted octanol–water partition coefficient (Wildman–Crippen LogP) is 22.2. The number of aromatic nitrogens is 8. The third-order valence-corrected chi connectivity index (χ3v) is 21.3. The predicted molar refractivity (Wildman–Crippen MR) is 439 cm³/mol. The number of nitrogens with one attached hydrogen (secondary N) is 1. The van der Waals surface area contributed by atoms with Crippen LogP contribution in [-0.2, 0) is 28.6 Å². The number of benzene rings is 12. The summed E-state index contributed by atoms with van der Waals surface area (Å²) in [6.07, 6.45) is 2.50. The van der Waals surface area contributed by atoms with E-state index < -0.39 is 7.12 Å². The fourth-order valence-electron chi connectivity index (χ4n) is 14.3. The van der Waals surface area contributed by atoms with Gasteiger partial charge in [0.15, 0.2) is 0 Å². The van der Waals surface area contributed by atoms with Gasteiger partial charge in [-0.2, -0.15) is 0 Å². The summed E-state index contributed by atoms with van der Waals surface area (Å²) in [6.45, 7) is 14.8. The van der Waals surface area contributed by atoms with Crippen molar-refractivity contribution in [1.82, 2.24) is 38.6 Å². The first-order valence-electron chi connectivity index (χ1n) is 35.7. The number of rotatable bonds is 12. The zero-order chi connectivity index (χ0) is 72.1. The number of hydrogen-bond donors (Lipinski definition) is 1. The minimum absolute atomic E-state index is 0.141. The molecule has 1 N–H and O–H groups in total. The Labute approximate surface area is 626 Å². The molecule has 12 nitrogen and oxygen atoms in total. The second-order valence-electron chi connectivity index (χ2n) is 27.3. The summed E-state index contributed by atoms with van der Waals surface area (Å²) in [5.74, 6) is 2.96. The minimum atomic E-state index is -0.402. The number of aryl methyl sites for hydroxylation is 3. The van der Waals surface area contributed by atoms with Crippen molar-refractivity contribution in [2.75, 3.05) is 5.32 Å². The van der Waals surface area contributed by atoms with Gasteiger partial charge in [-0.1, -0.05) is 216 Å². The van der Waals surface area contributed by atoms with Crippen LogP contribution in [-0.4, -0.2) is 62.8 Å². The van der Waals surface area contributed by atoms with Gasteiger partial charge in [0.05, 0.1) is 66.7 Å². The summed E-state index contributed by atoms with van der Waals surface area (Å²) < 4.78 is 21.3. The highest BCUT2D eigenvalue weighted by Gasteiger charge is 2.51. The Balaban J connectivity index is 0.000000122. The Hall–Kier alpha value is -11.2. The molecule has 1 saturated heterocycles. The molecule has 0 bridgehead atoms. The molecule has 6 heterocycles. The van der Waals surface area contributed by atoms with Crippen LogP contribution < -0.4 is 10.8 Å². The van der Waals surface area contributed by atoms with Gasteiger partial charge in [0.2, 0.25) is 0 Å². The molecule has 0 aliphatic carbocycles. The van der Waals surface area contributed by atoms with Gasteiger partial charge >= 0.3 is 7.12 Å². The lowest BCUT2D eigenvalue weighted by Crippen LogP contribution is -2.41. The van der Waals surface area contributed by atoms with Gasteiger partial charge in [0.25, 0.3) is 5.91 Å². The molecule has 0 spiro atoms. The second-order valence-corrected chi connectivity index (χ2v) is 29.1. The van der Waals surface area contributed by atoms with Crippen LogP contribution in [0.1, 0.15) is 76.3 Å². The van der Waals surface area contributed by atoms with E-state index in [9.17, 15) is 4.79 Å². The van der Waals surface area contributed by atoms with E-state index in [1.165, 1.54) is 5.39 Å². The quantitative estimate of drug-likeness (QED) is 0.0947. The molecule has 0 radical (unpaired) electrons. The number of para-hydroxylation sites is 6. The summed E-state index contributed by atoms with van der Waals surface area (Å²) >= 11 is 6.97. The number of carbonyl (C=O) groups is 1. The number of amides is 1. The molecule has 18 rings (SSSR count). The van der Waals surface area contributed by atoms with Crippen molar-refractivity contribution < 1.29 is 14.1 Å². The topological polar surface area (TPSA) is 127 Å². The molecular weight excluding hydrogens is 1430 g/mol. The molecule has 105 heavy (non-hydrogen) atoms. The third-order valence-electron chi connectivity index (χ3n) is 20.3. The van der Waals surface area contributed by atoms with E-state index in [2.05, 4.69) is 287 Å². The number of carbonyl (C=O) groups excluding carboxylic acids is 1. The summed E-state index contributed by atoms with van der Waals surface area (Å²) in [5.41, 5.74) is 19.1. The van der Waals surface area contributed by atoms with Gasteiger partial charge in [0.1, 0.15) is 17.5 Å². The molecule has 1 fully saturated rings. The van der Waals surface area contributed by atoms with Gasteiger partial charge in [-0.05, 0) is 165 Å². The minimum Gasteiger partial charge on any atom is -0.399 e. The van der Waals surface area contributed by atoms with E-state index in [0.29, 0.717) is 5.56 Å². The first-order valence-corrected chi connectivity index (χ1v) is 37.3. The van der Waals surface area contributed by atoms with Crippen LogP contribution in [0.5, 0.6) is 0 Å². The maximum absolute atomic E-state index is 12.8. The Kier molecular flexibility index (Phi) is 18.5. The van der Waals surface area contributed by atoms with E-state index >= 15 is 0 Å². The molecule has 0 atom stereocenters. The van der Waals surface area contributed by atoms with E-state index in [1.807, 2.05) is 78.9 Å². The van der Waals surface area contributed by atoms with E-state index in [0.717, 1.165) is 179 Å². The van der Waals surface area contributed by atoms with Crippen molar-refractivity contribution in [2.45, 2.75) is 78.9 Å². The summed E-state index contributed by atoms with van der Waals surface area (Å²) in [7, 11) is -0.402. The van der Waals surface area contributed by atoms with Crippen molar-refractivity contribution in [3.63, 3.8) is 0 Å². The van der Waals surface area contributed by atoms with Crippen LogP contribution in [0.4, 0.5) is 5.69 Å².